The van der Waals surface area contributed by atoms with Crippen molar-refractivity contribution in [2.45, 2.75) is 13.3 Å². The van der Waals surface area contributed by atoms with Crippen molar-refractivity contribution < 1.29 is 13.6 Å². The maximum Gasteiger partial charge on any atom is 0.265 e. The Morgan fingerprint density at radius 3 is 2.50 bits per heavy atom. The van der Waals surface area contributed by atoms with Crippen LogP contribution in [-0.2, 0) is 0 Å². The van der Waals surface area contributed by atoms with Crippen molar-refractivity contribution >= 4 is 27.4 Å². The number of carbonyl (C=O) groups is 1. The smallest absolute Gasteiger partial charge is 0.265 e. The minimum atomic E-state index is -2.60. The number of anilines is 1. The molecule has 0 aromatic heterocycles. The number of alkyl halides is 2. The van der Waals surface area contributed by atoms with Crippen LogP contribution >= 0.6 is 15.9 Å². The van der Waals surface area contributed by atoms with Gasteiger partial charge in [0, 0.05) is 21.3 Å². The van der Waals surface area contributed by atoms with Crippen LogP contribution < -0.4 is 5.73 Å². The second-order valence-corrected chi connectivity index (χ2v) is 3.67. The summed E-state index contributed by atoms with van der Waals surface area (Å²) in [5.41, 5.74) is 5.58. The Hall–Kier alpha value is -0.970. The molecule has 0 radical (unpaired) electrons. The van der Waals surface area contributed by atoms with Gasteiger partial charge in [-0.1, -0.05) is 15.9 Å². The molecule has 0 fully saturated rings. The van der Waals surface area contributed by atoms with Crippen LogP contribution in [0, 0.1) is 0 Å². The monoisotopic (exact) mass is 263 g/mol. The van der Waals surface area contributed by atoms with Gasteiger partial charge in [-0.2, -0.15) is 0 Å². The molecule has 0 unspecified atom stereocenters. The molecule has 0 atom stereocenters. The molecule has 0 saturated heterocycles. The van der Waals surface area contributed by atoms with Crippen molar-refractivity contribution in [3.8, 4) is 0 Å². The third kappa shape index (κ3) is 2.09. The van der Waals surface area contributed by atoms with Crippen molar-refractivity contribution in [2.75, 3.05) is 5.73 Å². The molecule has 0 aliphatic carbocycles. The summed E-state index contributed by atoms with van der Waals surface area (Å²) in [6, 6.07) is 2.44. The van der Waals surface area contributed by atoms with Crippen molar-refractivity contribution in [3.05, 3.63) is 27.7 Å². The summed E-state index contributed by atoms with van der Waals surface area (Å²) < 4.78 is 24.9. The third-order valence-corrected chi connectivity index (χ3v) is 2.47. The summed E-state index contributed by atoms with van der Waals surface area (Å²) >= 11 is 2.96. The lowest BCUT2D eigenvalue weighted by atomic mass is 10.1. The largest absolute Gasteiger partial charge is 0.398 e. The number of benzene rings is 1. The van der Waals surface area contributed by atoms with Crippen molar-refractivity contribution in [2.24, 2.45) is 0 Å². The van der Waals surface area contributed by atoms with Gasteiger partial charge in [-0.15, -0.1) is 0 Å². The average Bonchev–Trinajstić information content (AvgIpc) is 2.07. The first kappa shape index (κ1) is 11.1. The van der Waals surface area contributed by atoms with Crippen LogP contribution in [0.2, 0.25) is 0 Å². The van der Waals surface area contributed by atoms with Gasteiger partial charge in [0.1, 0.15) is 0 Å². The first-order valence-corrected chi connectivity index (χ1v) is 4.60. The molecule has 0 bridgehead atoms. The standard InChI is InChI=1S/C9H8BrF2NO/c1-4(14)5-2-7(10)6(9(11)12)3-8(5)13/h2-3,9H,13H2,1H3. The highest BCUT2D eigenvalue weighted by atomic mass is 79.9. The molecule has 2 N–H and O–H groups in total. The number of nitrogen functional groups attached to an aromatic ring is 1. The number of hydrogen-bond donors (Lipinski definition) is 1. The van der Waals surface area contributed by atoms with Crippen LogP contribution in [0.25, 0.3) is 0 Å². The molecule has 1 aromatic rings. The van der Waals surface area contributed by atoms with Gasteiger partial charge in [-0.25, -0.2) is 8.78 Å². The Morgan fingerprint density at radius 1 is 1.50 bits per heavy atom. The van der Waals surface area contributed by atoms with Crippen LogP contribution in [0.3, 0.4) is 0 Å². The molecule has 1 aromatic carbocycles. The third-order valence-electron chi connectivity index (χ3n) is 1.78. The predicted molar refractivity (Wildman–Crippen MR) is 53.5 cm³/mol. The van der Waals surface area contributed by atoms with Crippen LogP contribution in [0.15, 0.2) is 16.6 Å². The molecule has 2 nitrogen and oxygen atoms in total. The predicted octanol–water partition coefficient (Wildman–Crippen LogP) is 3.17. The van der Waals surface area contributed by atoms with Gasteiger partial charge in [-0.3, -0.25) is 4.79 Å². The maximum atomic E-state index is 12.4. The van der Waals surface area contributed by atoms with E-state index in [1.165, 1.54) is 13.0 Å². The minimum absolute atomic E-state index is 0.0796. The highest BCUT2D eigenvalue weighted by Crippen LogP contribution is 2.31. The fourth-order valence-electron chi connectivity index (χ4n) is 1.08. The normalized spacial score (nSPS) is 10.6. The number of rotatable bonds is 2. The van der Waals surface area contributed by atoms with Crippen LogP contribution in [0.4, 0.5) is 14.5 Å². The van der Waals surface area contributed by atoms with E-state index < -0.39 is 6.43 Å². The lowest BCUT2D eigenvalue weighted by Gasteiger charge is -2.07. The quantitative estimate of drug-likeness (QED) is 0.658. The zero-order valence-corrected chi connectivity index (χ0v) is 8.94. The number of halogens is 3. The summed E-state index contributed by atoms with van der Waals surface area (Å²) in [5, 5.41) is 0. The Balaban J connectivity index is 3.31. The molecule has 0 saturated carbocycles. The fourth-order valence-corrected chi connectivity index (χ4v) is 1.60. The van der Waals surface area contributed by atoms with E-state index in [0.29, 0.717) is 0 Å². The molecule has 0 amide bonds. The SMILES string of the molecule is CC(=O)c1cc(Br)c(C(F)F)cc1N. The van der Waals surface area contributed by atoms with E-state index in [-0.39, 0.29) is 27.1 Å². The van der Waals surface area contributed by atoms with Gasteiger partial charge in [0.25, 0.3) is 6.43 Å². The van der Waals surface area contributed by atoms with Gasteiger partial charge in [0.15, 0.2) is 5.78 Å². The molecule has 0 heterocycles. The van der Waals surface area contributed by atoms with Gasteiger partial charge in [-0.05, 0) is 19.1 Å². The maximum absolute atomic E-state index is 12.4. The van der Waals surface area contributed by atoms with Gasteiger partial charge >= 0.3 is 0 Å². The molecule has 0 aliphatic rings. The Labute approximate surface area is 88.2 Å². The van der Waals surface area contributed by atoms with Crippen molar-refractivity contribution in [3.63, 3.8) is 0 Å². The average molecular weight is 264 g/mol. The van der Waals surface area contributed by atoms with E-state index in [9.17, 15) is 13.6 Å². The molecular weight excluding hydrogens is 256 g/mol. The van der Waals surface area contributed by atoms with Gasteiger partial charge in [0.2, 0.25) is 0 Å². The zero-order chi connectivity index (χ0) is 10.9. The summed E-state index contributed by atoms with van der Waals surface area (Å²) in [7, 11) is 0. The number of carbonyl (C=O) groups excluding carboxylic acids is 1. The second-order valence-electron chi connectivity index (χ2n) is 2.82. The van der Waals surface area contributed by atoms with Crippen LogP contribution in [-0.4, -0.2) is 5.78 Å². The Morgan fingerprint density at radius 2 is 2.07 bits per heavy atom. The second kappa shape index (κ2) is 4.04. The summed E-state index contributed by atoms with van der Waals surface area (Å²) in [6.45, 7) is 1.33. The molecule has 5 heteroatoms. The topological polar surface area (TPSA) is 43.1 Å². The summed E-state index contributed by atoms with van der Waals surface area (Å²) in [6.07, 6.45) is -2.60. The minimum Gasteiger partial charge on any atom is -0.398 e. The molecule has 1 rings (SSSR count). The fraction of sp³-hybridized carbons (Fsp3) is 0.222. The molecule has 76 valence electrons. The molecule has 0 aliphatic heterocycles. The van der Waals surface area contributed by atoms with Gasteiger partial charge in [0.05, 0.1) is 0 Å². The Bertz CT molecular complexity index is 379. The van der Waals surface area contributed by atoms with Crippen molar-refractivity contribution in [1.82, 2.24) is 0 Å². The number of Topliss-reactive ketones (excluding diaryl/α,β-unsaturated/α-hetero) is 1. The number of hydrogen-bond acceptors (Lipinski definition) is 2. The van der Waals surface area contributed by atoms with E-state index in [1.807, 2.05) is 0 Å². The van der Waals surface area contributed by atoms with E-state index in [0.717, 1.165) is 6.07 Å². The zero-order valence-electron chi connectivity index (χ0n) is 7.35. The molecule has 14 heavy (non-hydrogen) atoms. The van der Waals surface area contributed by atoms with Crippen LogP contribution in [0.5, 0.6) is 0 Å². The highest BCUT2D eigenvalue weighted by Gasteiger charge is 2.15. The number of nitrogens with two attached hydrogens (primary N) is 1. The van der Waals surface area contributed by atoms with Crippen LogP contribution in [0.1, 0.15) is 29.3 Å². The summed E-state index contributed by atoms with van der Waals surface area (Å²) in [4.78, 5) is 11.0. The Kier molecular flexibility index (Phi) is 3.21. The lowest BCUT2D eigenvalue weighted by Crippen LogP contribution is -2.01. The number of ketones is 1. The van der Waals surface area contributed by atoms with E-state index >= 15 is 0 Å². The van der Waals surface area contributed by atoms with Crippen molar-refractivity contribution in [1.29, 1.82) is 0 Å². The highest BCUT2D eigenvalue weighted by molar-refractivity contribution is 9.10. The molecular formula is C9H8BrF2NO. The first-order valence-electron chi connectivity index (χ1n) is 3.81. The van der Waals surface area contributed by atoms with E-state index in [1.54, 1.807) is 0 Å². The molecule has 0 spiro atoms. The summed E-state index contributed by atoms with van der Waals surface area (Å²) in [5.74, 6) is -0.246. The van der Waals surface area contributed by atoms with E-state index in [2.05, 4.69) is 15.9 Å². The van der Waals surface area contributed by atoms with E-state index in [4.69, 9.17) is 5.73 Å². The first-order chi connectivity index (χ1) is 6.43. The lowest BCUT2D eigenvalue weighted by molar-refractivity contribution is 0.101. The van der Waals surface area contributed by atoms with Gasteiger partial charge < -0.3 is 5.73 Å².